The number of aryl methyl sites for hydroxylation is 1. The second-order valence-electron chi connectivity index (χ2n) is 10.4. The highest BCUT2D eigenvalue weighted by atomic mass is 32.2. The van der Waals surface area contributed by atoms with Crippen LogP contribution < -0.4 is 16.8 Å². The zero-order valence-electron chi connectivity index (χ0n) is 23.1. The van der Waals surface area contributed by atoms with Gasteiger partial charge in [-0.1, -0.05) is 30.4 Å². The molecule has 1 unspecified atom stereocenters. The number of carbonyl (C=O) groups excluding carboxylic acids is 2. The first-order chi connectivity index (χ1) is 19.0. The molecule has 11 heteroatoms. The summed E-state index contributed by atoms with van der Waals surface area (Å²) in [5, 5.41) is 2.99. The Morgan fingerprint density at radius 2 is 1.95 bits per heavy atom. The molecule has 0 bridgehead atoms. The van der Waals surface area contributed by atoms with Gasteiger partial charge in [0.15, 0.2) is 11.3 Å². The third-order valence-corrected chi connectivity index (χ3v) is 8.71. The average Bonchev–Trinajstić information content (AvgIpc) is 2.93. The van der Waals surface area contributed by atoms with Crippen LogP contribution in [-0.2, 0) is 43.7 Å². The first-order valence-corrected chi connectivity index (χ1v) is 14.8. The van der Waals surface area contributed by atoms with Crippen LogP contribution in [0.3, 0.4) is 0 Å². The van der Waals surface area contributed by atoms with Crippen molar-refractivity contribution in [2.75, 3.05) is 26.7 Å². The maximum atomic E-state index is 13.4. The number of nitrogens with one attached hydrogen (secondary N) is 1. The maximum Gasteiger partial charge on any atom is 0.334 e. The van der Waals surface area contributed by atoms with Gasteiger partial charge in [0, 0.05) is 31.6 Å². The molecule has 2 aromatic rings. The third-order valence-electron chi connectivity index (χ3n) is 7.42. The number of esters is 1. The highest BCUT2D eigenvalue weighted by molar-refractivity contribution is 7.90. The lowest BCUT2D eigenvalue weighted by Crippen LogP contribution is -2.64. The molecule has 40 heavy (non-hydrogen) atoms. The summed E-state index contributed by atoms with van der Waals surface area (Å²) in [4.78, 5) is 28.4. The summed E-state index contributed by atoms with van der Waals surface area (Å²) in [5.74, 6) is -1.28. The van der Waals surface area contributed by atoms with Gasteiger partial charge in [0.25, 0.3) is 10.0 Å². The molecular weight excluding hydrogens is 530 g/mol. The van der Waals surface area contributed by atoms with Gasteiger partial charge in [0.2, 0.25) is 0 Å². The number of rotatable bonds is 9. The number of amidine groups is 1. The number of benzene rings is 2. The second-order valence-corrected chi connectivity index (χ2v) is 12.0. The van der Waals surface area contributed by atoms with Gasteiger partial charge in [-0.15, -0.1) is 4.40 Å². The van der Waals surface area contributed by atoms with Gasteiger partial charge >= 0.3 is 5.97 Å². The van der Waals surface area contributed by atoms with Gasteiger partial charge < -0.3 is 21.1 Å². The van der Waals surface area contributed by atoms with E-state index in [-0.39, 0.29) is 30.2 Å². The summed E-state index contributed by atoms with van der Waals surface area (Å²) in [6.07, 6.45) is 4.72. The smallest absolute Gasteiger partial charge is 0.334 e. The number of likely N-dealkylation sites (N-methyl/N-ethyl adjacent to an activating group) is 1. The van der Waals surface area contributed by atoms with Crippen molar-refractivity contribution in [2.24, 2.45) is 15.9 Å². The topological polar surface area (TPSA) is 157 Å². The van der Waals surface area contributed by atoms with Crippen molar-refractivity contribution in [1.82, 2.24) is 10.2 Å². The number of nitrogens with two attached hydrogens (primary N) is 2. The Labute approximate surface area is 235 Å². The molecule has 2 atom stereocenters. The van der Waals surface area contributed by atoms with Crippen molar-refractivity contribution in [3.8, 4) is 0 Å². The maximum absolute atomic E-state index is 13.4. The van der Waals surface area contributed by atoms with E-state index in [1.54, 1.807) is 50.3 Å². The second kappa shape index (κ2) is 12.0. The zero-order chi connectivity index (χ0) is 29.1. The number of ether oxygens (including phenoxy) is 1. The number of Topliss-reactive ketones (excluding diaryl/α,β-unsaturated/α-hetero) is 1. The molecule has 5 N–H and O–H groups in total. The fraction of sp³-hybridized carbons (Fsp3) is 0.414. The fourth-order valence-corrected chi connectivity index (χ4v) is 6.14. The molecular formula is C29H37N5O5S. The highest BCUT2D eigenvalue weighted by Gasteiger charge is 2.48. The van der Waals surface area contributed by atoms with Crippen LogP contribution in [0.2, 0.25) is 0 Å². The molecule has 2 aliphatic rings. The third kappa shape index (κ3) is 6.17. The minimum atomic E-state index is -4.06. The van der Waals surface area contributed by atoms with E-state index in [0.717, 1.165) is 24.1 Å². The number of sulfonamides is 1. The predicted octanol–water partition coefficient (Wildman–Crippen LogP) is 1.37. The molecule has 0 spiro atoms. The molecule has 0 aromatic heterocycles. The Bertz CT molecular complexity index is 1470. The van der Waals surface area contributed by atoms with Crippen molar-refractivity contribution in [2.45, 2.75) is 56.1 Å². The SMILES string of the molecule is CCOC(=O)[C@]1(C(=O)C(N)Cc2ccc(C)c(C(N)=NS(=O)(=O)c3ccc4c(c3)CN(C)CC4)c2)CC=CCN1. The van der Waals surface area contributed by atoms with E-state index in [2.05, 4.69) is 14.6 Å². The summed E-state index contributed by atoms with van der Waals surface area (Å²) < 4.78 is 35.5. The number of nitrogens with zero attached hydrogens (tertiary/aromatic N) is 2. The van der Waals surface area contributed by atoms with E-state index in [9.17, 15) is 18.0 Å². The van der Waals surface area contributed by atoms with Crippen molar-refractivity contribution < 1.29 is 22.7 Å². The Morgan fingerprint density at radius 1 is 1.18 bits per heavy atom. The molecule has 2 heterocycles. The first kappa shape index (κ1) is 29.6. The van der Waals surface area contributed by atoms with Gasteiger partial charge in [-0.2, -0.15) is 8.42 Å². The predicted molar refractivity (Wildman–Crippen MR) is 153 cm³/mol. The van der Waals surface area contributed by atoms with Crippen LogP contribution in [0.15, 0.2) is 57.8 Å². The standard InChI is InChI=1S/C29H37N5O5S/c1-4-39-28(36)29(12-5-6-13-32-29)26(35)25(30)16-20-8-7-19(2)24(15-20)27(31)33-40(37,38)23-10-9-21-11-14-34(3)18-22(21)17-23/h5-10,15,17,25,32H,4,11-14,16,18,30H2,1-3H3,(H2,31,33)/t25?,29-/m1/s1. The number of carbonyl (C=O) groups is 2. The van der Waals surface area contributed by atoms with Gasteiger partial charge in [0.1, 0.15) is 5.84 Å². The lowest BCUT2D eigenvalue weighted by atomic mass is 9.82. The molecule has 0 radical (unpaired) electrons. The summed E-state index contributed by atoms with van der Waals surface area (Å²) in [5.41, 5.74) is 14.9. The molecule has 0 saturated carbocycles. The molecule has 0 fully saturated rings. The molecule has 2 aromatic carbocycles. The summed E-state index contributed by atoms with van der Waals surface area (Å²) >= 11 is 0. The Morgan fingerprint density at radius 3 is 2.65 bits per heavy atom. The lowest BCUT2D eigenvalue weighted by Gasteiger charge is -2.34. The van der Waals surface area contributed by atoms with Crippen LogP contribution >= 0.6 is 0 Å². The summed E-state index contributed by atoms with van der Waals surface area (Å²) in [6.45, 7) is 5.54. The van der Waals surface area contributed by atoms with Crippen molar-refractivity contribution in [3.63, 3.8) is 0 Å². The number of hydrogen-bond donors (Lipinski definition) is 3. The van der Waals surface area contributed by atoms with Crippen LogP contribution in [0.25, 0.3) is 0 Å². The van der Waals surface area contributed by atoms with Crippen LogP contribution in [-0.4, -0.2) is 69.2 Å². The minimum Gasteiger partial charge on any atom is -0.464 e. The van der Waals surface area contributed by atoms with Gasteiger partial charge in [-0.3, -0.25) is 10.1 Å². The highest BCUT2D eigenvalue weighted by Crippen LogP contribution is 2.25. The molecule has 0 amide bonds. The number of ketones is 1. The first-order valence-electron chi connectivity index (χ1n) is 13.3. The van der Waals surface area contributed by atoms with Crippen molar-refractivity contribution >= 4 is 27.6 Å². The van der Waals surface area contributed by atoms with Crippen molar-refractivity contribution in [3.05, 3.63) is 76.4 Å². The minimum absolute atomic E-state index is 0.0872. The molecule has 0 aliphatic carbocycles. The van der Waals surface area contributed by atoms with Crippen LogP contribution in [0.5, 0.6) is 0 Å². The molecule has 2 aliphatic heterocycles. The van der Waals surface area contributed by atoms with E-state index >= 15 is 0 Å². The monoisotopic (exact) mass is 567 g/mol. The van der Waals surface area contributed by atoms with Gasteiger partial charge in [-0.05, 0) is 74.2 Å². The van der Waals surface area contributed by atoms with E-state index in [0.29, 0.717) is 29.8 Å². The van der Waals surface area contributed by atoms with Crippen LogP contribution in [0.1, 0.15) is 41.2 Å². The van der Waals surface area contributed by atoms with E-state index in [4.69, 9.17) is 16.2 Å². The fourth-order valence-electron chi connectivity index (χ4n) is 5.15. The van der Waals surface area contributed by atoms with Crippen molar-refractivity contribution in [1.29, 1.82) is 0 Å². The lowest BCUT2D eigenvalue weighted by molar-refractivity contribution is -0.155. The molecule has 214 valence electrons. The Kier molecular flexibility index (Phi) is 8.89. The Hall–Kier alpha value is -3.38. The molecule has 4 rings (SSSR count). The van der Waals surface area contributed by atoms with E-state index in [1.807, 2.05) is 19.2 Å². The largest absolute Gasteiger partial charge is 0.464 e. The zero-order valence-corrected chi connectivity index (χ0v) is 24.0. The Balaban J connectivity index is 1.57. The molecule has 0 saturated heterocycles. The normalized spacial score (nSPS) is 20.6. The van der Waals surface area contributed by atoms with E-state index < -0.39 is 33.4 Å². The van der Waals surface area contributed by atoms with Gasteiger partial charge in [0.05, 0.1) is 17.5 Å². The van der Waals surface area contributed by atoms with Crippen LogP contribution in [0.4, 0.5) is 0 Å². The average molecular weight is 568 g/mol. The van der Waals surface area contributed by atoms with Crippen LogP contribution in [0, 0.1) is 6.92 Å². The number of hydrogen-bond acceptors (Lipinski definition) is 8. The van der Waals surface area contributed by atoms with Gasteiger partial charge in [-0.25, -0.2) is 4.79 Å². The quantitative estimate of drug-likeness (QED) is 0.134. The van der Waals surface area contributed by atoms with E-state index in [1.165, 1.54) is 0 Å². The molecule has 10 nitrogen and oxygen atoms in total. The number of fused-ring (bicyclic) bond motifs is 1. The summed E-state index contributed by atoms with van der Waals surface area (Å²) in [6, 6.07) is 9.30. The summed E-state index contributed by atoms with van der Waals surface area (Å²) in [7, 11) is -2.07.